The molecule has 1 aromatic carbocycles. The predicted octanol–water partition coefficient (Wildman–Crippen LogP) is 3.78. The molecule has 0 N–H and O–H groups in total. The van der Waals surface area contributed by atoms with Crippen LogP contribution in [0.15, 0.2) is 18.2 Å². The average molecular weight is 245 g/mol. The Balaban J connectivity index is 1.86. The maximum absolute atomic E-state index is 5.34. The minimum Gasteiger partial charge on any atom is -0.497 e. The van der Waals surface area contributed by atoms with Gasteiger partial charge in [-0.25, -0.2) is 0 Å². The van der Waals surface area contributed by atoms with E-state index in [0.29, 0.717) is 0 Å². The lowest BCUT2D eigenvalue weighted by molar-refractivity contribution is 0.404. The van der Waals surface area contributed by atoms with Gasteiger partial charge in [0.1, 0.15) is 5.75 Å². The highest BCUT2D eigenvalue weighted by Gasteiger charge is 2.25. The van der Waals surface area contributed by atoms with E-state index in [1.807, 2.05) is 0 Å². The first-order valence-electron chi connectivity index (χ1n) is 7.32. The Morgan fingerprint density at radius 1 is 1.11 bits per heavy atom. The monoisotopic (exact) mass is 245 g/mol. The van der Waals surface area contributed by atoms with Gasteiger partial charge in [0.15, 0.2) is 0 Å². The van der Waals surface area contributed by atoms with Crippen LogP contribution in [-0.4, -0.2) is 19.7 Å². The van der Waals surface area contributed by atoms with Crippen molar-refractivity contribution in [2.24, 2.45) is 0 Å². The van der Waals surface area contributed by atoms with Gasteiger partial charge in [0, 0.05) is 18.3 Å². The molecule has 1 aliphatic carbocycles. The zero-order chi connectivity index (χ0) is 12.4. The number of hydrogen-bond donors (Lipinski definition) is 0. The molecule has 0 amide bonds. The Morgan fingerprint density at radius 2 is 1.94 bits per heavy atom. The lowest BCUT2D eigenvalue weighted by Gasteiger charge is -2.40. The van der Waals surface area contributed by atoms with E-state index in [9.17, 15) is 0 Å². The number of methoxy groups -OCH3 is 1. The van der Waals surface area contributed by atoms with Gasteiger partial charge in [0.05, 0.1) is 7.11 Å². The fourth-order valence-electron chi connectivity index (χ4n) is 3.50. The second kappa shape index (κ2) is 5.21. The molecular weight excluding hydrogens is 222 g/mol. The second-order valence-corrected chi connectivity index (χ2v) is 5.58. The van der Waals surface area contributed by atoms with Gasteiger partial charge in [-0.3, -0.25) is 0 Å². The van der Waals surface area contributed by atoms with Gasteiger partial charge in [-0.2, -0.15) is 0 Å². The van der Waals surface area contributed by atoms with Crippen LogP contribution in [0.1, 0.15) is 44.1 Å². The number of fused-ring (bicyclic) bond motifs is 1. The van der Waals surface area contributed by atoms with Crippen molar-refractivity contribution in [1.29, 1.82) is 0 Å². The van der Waals surface area contributed by atoms with Gasteiger partial charge in [-0.15, -0.1) is 0 Å². The Kier molecular flexibility index (Phi) is 3.44. The minimum absolute atomic E-state index is 0.784. The van der Waals surface area contributed by atoms with Crippen LogP contribution in [0.4, 0.5) is 5.69 Å². The Bertz CT molecular complexity index is 410. The van der Waals surface area contributed by atoms with E-state index in [0.717, 1.165) is 11.8 Å². The van der Waals surface area contributed by atoms with Crippen molar-refractivity contribution < 1.29 is 4.74 Å². The lowest BCUT2D eigenvalue weighted by Crippen LogP contribution is -2.40. The molecule has 1 aromatic rings. The van der Waals surface area contributed by atoms with E-state index in [2.05, 4.69) is 23.1 Å². The van der Waals surface area contributed by atoms with E-state index in [1.54, 1.807) is 7.11 Å². The van der Waals surface area contributed by atoms with Gasteiger partial charge in [-0.05, 0) is 49.4 Å². The molecule has 1 heterocycles. The quantitative estimate of drug-likeness (QED) is 0.786. The zero-order valence-electron chi connectivity index (χ0n) is 11.3. The molecule has 98 valence electrons. The van der Waals surface area contributed by atoms with E-state index < -0.39 is 0 Å². The molecular formula is C16H23NO. The van der Waals surface area contributed by atoms with Crippen LogP contribution in [0.3, 0.4) is 0 Å². The highest BCUT2D eigenvalue weighted by molar-refractivity contribution is 5.58. The van der Waals surface area contributed by atoms with Crippen LogP contribution >= 0.6 is 0 Å². The number of anilines is 1. The normalized spacial score (nSPS) is 20.6. The second-order valence-electron chi connectivity index (χ2n) is 5.58. The number of rotatable bonds is 2. The molecule has 0 spiro atoms. The van der Waals surface area contributed by atoms with Crippen LogP contribution in [0.5, 0.6) is 5.75 Å². The van der Waals surface area contributed by atoms with E-state index in [1.165, 1.54) is 62.7 Å². The number of ether oxygens (including phenoxy) is 1. The maximum atomic E-state index is 5.34. The summed E-state index contributed by atoms with van der Waals surface area (Å²) in [5.41, 5.74) is 2.94. The largest absolute Gasteiger partial charge is 0.497 e. The summed E-state index contributed by atoms with van der Waals surface area (Å²) in [6.07, 6.45) is 9.50. The summed E-state index contributed by atoms with van der Waals surface area (Å²) in [6, 6.07) is 7.39. The highest BCUT2D eigenvalue weighted by Crippen LogP contribution is 2.35. The SMILES string of the molecule is COc1ccc2c(c1)CCCN2C1CCCCC1. The predicted molar refractivity (Wildman–Crippen MR) is 75.5 cm³/mol. The van der Waals surface area contributed by atoms with Crippen LogP contribution in [0, 0.1) is 0 Å². The Labute approximate surface area is 110 Å². The van der Waals surface area contributed by atoms with Crippen LogP contribution in [-0.2, 0) is 6.42 Å². The third-order valence-corrected chi connectivity index (χ3v) is 4.46. The Hall–Kier alpha value is -1.18. The lowest BCUT2D eigenvalue weighted by atomic mass is 9.91. The van der Waals surface area contributed by atoms with Gasteiger partial charge < -0.3 is 9.64 Å². The number of aryl methyl sites for hydroxylation is 1. The van der Waals surface area contributed by atoms with Crippen molar-refractivity contribution in [3.05, 3.63) is 23.8 Å². The summed E-state index contributed by atoms with van der Waals surface area (Å²) in [7, 11) is 1.75. The van der Waals surface area contributed by atoms with Crippen molar-refractivity contribution in [3.63, 3.8) is 0 Å². The molecule has 0 radical (unpaired) electrons. The molecule has 1 saturated carbocycles. The molecule has 2 aliphatic rings. The molecule has 2 nitrogen and oxygen atoms in total. The average Bonchev–Trinajstić information content (AvgIpc) is 2.47. The summed E-state index contributed by atoms with van der Waals surface area (Å²) < 4.78 is 5.34. The fourth-order valence-corrected chi connectivity index (χ4v) is 3.50. The third-order valence-electron chi connectivity index (χ3n) is 4.46. The molecule has 18 heavy (non-hydrogen) atoms. The maximum Gasteiger partial charge on any atom is 0.119 e. The topological polar surface area (TPSA) is 12.5 Å². The molecule has 3 rings (SSSR count). The van der Waals surface area contributed by atoms with Crippen molar-refractivity contribution in [2.45, 2.75) is 51.0 Å². The molecule has 0 aromatic heterocycles. The molecule has 0 atom stereocenters. The van der Waals surface area contributed by atoms with E-state index in [-0.39, 0.29) is 0 Å². The fraction of sp³-hybridized carbons (Fsp3) is 0.625. The van der Waals surface area contributed by atoms with Crippen molar-refractivity contribution in [3.8, 4) is 5.75 Å². The molecule has 1 fully saturated rings. The summed E-state index contributed by atoms with van der Waals surface area (Å²) in [6.45, 7) is 1.24. The van der Waals surface area contributed by atoms with Crippen molar-refractivity contribution in [1.82, 2.24) is 0 Å². The number of nitrogens with zero attached hydrogens (tertiary/aromatic N) is 1. The van der Waals surface area contributed by atoms with Crippen molar-refractivity contribution >= 4 is 5.69 Å². The summed E-state index contributed by atoms with van der Waals surface area (Å²) >= 11 is 0. The zero-order valence-corrected chi connectivity index (χ0v) is 11.3. The minimum atomic E-state index is 0.784. The summed E-state index contributed by atoms with van der Waals surface area (Å²) in [4.78, 5) is 2.66. The summed E-state index contributed by atoms with van der Waals surface area (Å²) in [5, 5.41) is 0. The first-order chi connectivity index (χ1) is 8.88. The molecule has 0 unspecified atom stereocenters. The molecule has 1 aliphatic heterocycles. The van der Waals surface area contributed by atoms with Crippen LogP contribution in [0.2, 0.25) is 0 Å². The third kappa shape index (κ3) is 2.21. The Morgan fingerprint density at radius 3 is 2.72 bits per heavy atom. The standard InChI is InChI=1S/C16H23NO/c1-18-15-9-10-16-13(12-15)6-5-11-17(16)14-7-3-2-4-8-14/h9-10,12,14H,2-8,11H2,1H3. The van der Waals surface area contributed by atoms with Crippen molar-refractivity contribution in [2.75, 3.05) is 18.6 Å². The number of hydrogen-bond acceptors (Lipinski definition) is 2. The van der Waals surface area contributed by atoms with Gasteiger partial charge in [0.2, 0.25) is 0 Å². The highest BCUT2D eigenvalue weighted by atomic mass is 16.5. The van der Waals surface area contributed by atoms with Crippen LogP contribution in [0.25, 0.3) is 0 Å². The first-order valence-corrected chi connectivity index (χ1v) is 7.32. The molecule has 0 saturated heterocycles. The van der Waals surface area contributed by atoms with Crippen LogP contribution < -0.4 is 9.64 Å². The smallest absolute Gasteiger partial charge is 0.119 e. The van der Waals surface area contributed by atoms with Gasteiger partial charge in [0.25, 0.3) is 0 Å². The molecule has 0 bridgehead atoms. The van der Waals surface area contributed by atoms with Gasteiger partial charge in [-0.1, -0.05) is 19.3 Å². The van der Waals surface area contributed by atoms with Gasteiger partial charge >= 0.3 is 0 Å². The van der Waals surface area contributed by atoms with E-state index >= 15 is 0 Å². The van der Waals surface area contributed by atoms with E-state index in [4.69, 9.17) is 4.74 Å². The number of benzene rings is 1. The molecule has 2 heteroatoms. The summed E-state index contributed by atoms with van der Waals surface area (Å²) in [5.74, 6) is 0.999. The first kappa shape index (κ1) is 11.9.